The standard InChI is InChI=1S/C21H33N5O2.HI/c1-17-8-9-19(20(13-17)28-12-6-11-27-4)15-24-21(22-2)23-10-5-7-18-14-25-26(3)16-18;/h8-9,13-14,16H,5-7,10-12,15H2,1-4H3,(H2,22,23,24);1H. The summed E-state index contributed by atoms with van der Waals surface area (Å²) in [6.07, 6.45) is 6.86. The fourth-order valence-corrected chi connectivity index (χ4v) is 2.83. The topological polar surface area (TPSA) is 72.7 Å². The molecule has 2 rings (SSSR count). The molecule has 0 saturated carbocycles. The number of guanidine groups is 1. The van der Waals surface area contributed by atoms with E-state index in [4.69, 9.17) is 9.47 Å². The zero-order valence-corrected chi connectivity index (χ0v) is 20.2. The second-order valence-corrected chi connectivity index (χ2v) is 6.78. The molecule has 0 bridgehead atoms. The third-order valence-corrected chi connectivity index (χ3v) is 4.34. The van der Waals surface area contributed by atoms with Crippen LogP contribution in [0.4, 0.5) is 0 Å². The molecule has 0 radical (unpaired) electrons. The average Bonchev–Trinajstić information content (AvgIpc) is 3.11. The van der Waals surface area contributed by atoms with Crippen LogP contribution < -0.4 is 15.4 Å². The van der Waals surface area contributed by atoms with Crippen molar-refractivity contribution in [1.29, 1.82) is 0 Å². The van der Waals surface area contributed by atoms with Gasteiger partial charge >= 0.3 is 0 Å². The Labute approximate surface area is 191 Å². The summed E-state index contributed by atoms with van der Waals surface area (Å²) in [5, 5.41) is 10.9. The van der Waals surface area contributed by atoms with Gasteiger partial charge in [0.2, 0.25) is 0 Å². The van der Waals surface area contributed by atoms with Crippen LogP contribution in [-0.2, 0) is 24.8 Å². The van der Waals surface area contributed by atoms with Gasteiger partial charge in [-0.2, -0.15) is 5.10 Å². The number of rotatable bonds is 11. The fourth-order valence-electron chi connectivity index (χ4n) is 2.83. The molecule has 1 aromatic heterocycles. The van der Waals surface area contributed by atoms with E-state index in [1.165, 1.54) is 11.1 Å². The number of aryl methyl sites for hydroxylation is 3. The van der Waals surface area contributed by atoms with E-state index in [2.05, 4.69) is 52.0 Å². The second-order valence-electron chi connectivity index (χ2n) is 6.78. The third-order valence-electron chi connectivity index (χ3n) is 4.34. The maximum atomic E-state index is 5.95. The molecule has 0 aliphatic carbocycles. The molecule has 7 nitrogen and oxygen atoms in total. The highest BCUT2D eigenvalue weighted by Crippen LogP contribution is 2.20. The molecule has 0 amide bonds. The summed E-state index contributed by atoms with van der Waals surface area (Å²) in [5.74, 6) is 1.70. The molecule has 0 aliphatic rings. The van der Waals surface area contributed by atoms with Crippen molar-refractivity contribution in [1.82, 2.24) is 20.4 Å². The highest BCUT2D eigenvalue weighted by atomic mass is 127. The summed E-state index contributed by atoms with van der Waals surface area (Å²) in [4.78, 5) is 4.31. The Hall–Kier alpha value is -1.81. The third kappa shape index (κ3) is 9.49. The maximum Gasteiger partial charge on any atom is 0.191 e. The molecule has 0 fully saturated rings. The lowest BCUT2D eigenvalue weighted by Gasteiger charge is -2.15. The number of aromatic nitrogens is 2. The summed E-state index contributed by atoms with van der Waals surface area (Å²) in [6.45, 7) is 4.92. The monoisotopic (exact) mass is 515 g/mol. The van der Waals surface area contributed by atoms with Gasteiger partial charge < -0.3 is 20.1 Å². The highest BCUT2D eigenvalue weighted by molar-refractivity contribution is 14.0. The van der Waals surface area contributed by atoms with Gasteiger partial charge in [-0.3, -0.25) is 9.67 Å². The van der Waals surface area contributed by atoms with E-state index in [-0.39, 0.29) is 24.0 Å². The number of ether oxygens (including phenoxy) is 2. The number of halogens is 1. The smallest absolute Gasteiger partial charge is 0.191 e. The van der Waals surface area contributed by atoms with Crippen LogP contribution in [0.25, 0.3) is 0 Å². The van der Waals surface area contributed by atoms with Crippen molar-refractivity contribution in [2.45, 2.75) is 32.7 Å². The summed E-state index contributed by atoms with van der Waals surface area (Å²) < 4.78 is 12.9. The minimum atomic E-state index is 0. The number of aliphatic imine (C=N–C) groups is 1. The van der Waals surface area contributed by atoms with Crippen molar-refractivity contribution in [3.05, 3.63) is 47.3 Å². The van der Waals surface area contributed by atoms with Gasteiger partial charge in [0.05, 0.1) is 12.8 Å². The summed E-state index contributed by atoms with van der Waals surface area (Å²) in [5.41, 5.74) is 3.55. The lowest BCUT2D eigenvalue weighted by atomic mass is 10.1. The molecule has 0 saturated heterocycles. The van der Waals surface area contributed by atoms with Crippen LogP contribution in [0.15, 0.2) is 35.6 Å². The Morgan fingerprint density at radius 1 is 1.21 bits per heavy atom. The molecule has 0 atom stereocenters. The molecule has 8 heteroatoms. The Kier molecular flexibility index (Phi) is 12.4. The minimum Gasteiger partial charge on any atom is -0.493 e. The number of benzene rings is 1. The quantitative estimate of drug-likeness (QED) is 0.208. The van der Waals surface area contributed by atoms with E-state index < -0.39 is 0 Å². The molecular weight excluding hydrogens is 481 g/mol. The zero-order chi connectivity index (χ0) is 20.2. The van der Waals surface area contributed by atoms with E-state index in [0.717, 1.165) is 43.1 Å². The van der Waals surface area contributed by atoms with Gasteiger partial charge in [0.1, 0.15) is 5.75 Å². The van der Waals surface area contributed by atoms with E-state index in [1.807, 2.05) is 17.9 Å². The number of hydrogen-bond acceptors (Lipinski definition) is 4. The van der Waals surface area contributed by atoms with Crippen LogP contribution in [-0.4, -0.2) is 49.7 Å². The second kappa shape index (κ2) is 14.2. The van der Waals surface area contributed by atoms with Crippen LogP contribution in [0, 0.1) is 6.92 Å². The largest absolute Gasteiger partial charge is 0.493 e. The van der Waals surface area contributed by atoms with Crippen LogP contribution >= 0.6 is 24.0 Å². The predicted octanol–water partition coefficient (Wildman–Crippen LogP) is 3.06. The molecule has 0 unspecified atom stereocenters. The van der Waals surface area contributed by atoms with Gasteiger partial charge in [-0.1, -0.05) is 12.1 Å². The molecule has 0 aliphatic heterocycles. The van der Waals surface area contributed by atoms with Crippen molar-refractivity contribution in [2.75, 3.05) is 33.9 Å². The summed E-state index contributed by atoms with van der Waals surface area (Å²) in [6, 6.07) is 6.28. The van der Waals surface area contributed by atoms with Crippen molar-refractivity contribution in [3.63, 3.8) is 0 Å². The van der Waals surface area contributed by atoms with E-state index in [9.17, 15) is 0 Å². The van der Waals surface area contributed by atoms with Gasteiger partial charge in [-0.15, -0.1) is 24.0 Å². The van der Waals surface area contributed by atoms with Crippen molar-refractivity contribution >= 4 is 29.9 Å². The number of methoxy groups -OCH3 is 1. The molecule has 2 aromatic rings. The van der Waals surface area contributed by atoms with Crippen LogP contribution in [0.5, 0.6) is 5.75 Å². The van der Waals surface area contributed by atoms with Gasteiger partial charge in [-0.05, 0) is 37.0 Å². The first-order valence-electron chi connectivity index (χ1n) is 9.75. The molecule has 1 aromatic carbocycles. The molecular formula is C21H34IN5O2. The molecule has 2 N–H and O–H groups in total. The highest BCUT2D eigenvalue weighted by Gasteiger charge is 2.06. The fraction of sp³-hybridized carbons (Fsp3) is 0.524. The van der Waals surface area contributed by atoms with Crippen molar-refractivity contribution in [3.8, 4) is 5.75 Å². The Bertz CT molecular complexity index is 748. The lowest BCUT2D eigenvalue weighted by Crippen LogP contribution is -2.37. The number of hydrogen-bond donors (Lipinski definition) is 2. The number of nitrogens with zero attached hydrogens (tertiary/aromatic N) is 3. The van der Waals surface area contributed by atoms with Gasteiger partial charge in [0, 0.05) is 59.1 Å². The van der Waals surface area contributed by atoms with Crippen molar-refractivity contribution in [2.24, 2.45) is 12.0 Å². The SMILES string of the molecule is CN=C(NCCCc1cnn(C)c1)NCc1ccc(C)cc1OCCCOC.I. The predicted molar refractivity (Wildman–Crippen MR) is 128 cm³/mol. The first-order chi connectivity index (χ1) is 13.6. The Morgan fingerprint density at radius 3 is 2.72 bits per heavy atom. The van der Waals surface area contributed by atoms with Crippen LogP contribution in [0.1, 0.15) is 29.5 Å². The maximum absolute atomic E-state index is 5.95. The average molecular weight is 515 g/mol. The molecule has 1 heterocycles. The summed E-state index contributed by atoms with van der Waals surface area (Å²) >= 11 is 0. The van der Waals surface area contributed by atoms with Crippen LogP contribution in [0.3, 0.4) is 0 Å². The Morgan fingerprint density at radius 2 is 2.03 bits per heavy atom. The molecule has 29 heavy (non-hydrogen) atoms. The van der Waals surface area contributed by atoms with Gasteiger partial charge in [0.15, 0.2) is 5.96 Å². The van der Waals surface area contributed by atoms with E-state index in [0.29, 0.717) is 19.8 Å². The first kappa shape index (κ1) is 25.2. The van der Waals surface area contributed by atoms with Crippen molar-refractivity contribution < 1.29 is 9.47 Å². The first-order valence-corrected chi connectivity index (χ1v) is 9.75. The Balaban J connectivity index is 0.00000420. The molecule has 162 valence electrons. The number of nitrogens with one attached hydrogen (secondary N) is 2. The van der Waals surface area contributed by atoms with Gasteiger partial charge in [0.25, 0.3) is 0 Å². The van der Waals surface area contributed by atoms with E-state index in [1.54, 1.807) is 14.2 Å². The normalized spacial score (nSPS) is 11.1. The van der Waals surface area contributed by atoms with E-state index >= 15 is 0 Å². The van der Waals surface area contributed by atoms with Crippen LogP contribution in [0.2, 0.25) is 0 Å². The molecule has 0 spiro atoms. The lowest BCUT2D eigenvalue weighted by molar-refractivity contribution is 0.172. The zero-order valence-electron chi connectivity index (χ0n) is 17.9. The minimum absolute atomic E-state index is 0. The van der Waals surface area contributed by atoms with Gasteiger partial charge in [-0.25, -0.2) is 0 Å². The summed E-state index contributed by atoms with van der Waals surface area (Å²) in [7, 11) is 5.43.